The minimum atomic E-state index is -0.578. The topological polar surface area (TPSA) is 38.0 Å². The van der Waals surface area contributed by atoms with Gasteiger partial charge in [0.25, 0.3) is 0 Å². The average Bonchev–Trinajstić information content (AvgIpc) is 2.67. The second-order valence-electron chi connectivity index (χ2n) is 4.46. The molecule has 2 aromatic rings. The number of aryl methyl sites for hydroxylation is 2. The number of nitrogens with zero attached hydrogens (tertiary/aromatic N) is 2. The lowest BCUT2D eigenvalue weighted by Crippen LogP contribution is -2.06. The van der Waals surface area contributed by atoms with E-state index in [0.717, 1.165) is 27.8 Å². The molecule has 0 aliphatic carbocycles. The summed E-state index contributed by atoms with van der Waals surface area (Å²) < 4.78 is 2.75. The second-order valence-corrected chi connectivity index (χ2v) is 5.75. The number of halogens is 2. The summed E-state index contributed by atoms with van der Waals surface area (Å²) in [6, 6.07) is 7.64. The van der Waals surface area contributed by atoms with E-state index >= 15 is 0 Å². The van der Waals surface area contributed by atoms with E-state index in [-0.39, 0.29) is 0 Å². The molecule has 1 N–H and O–H groups in total. The van der Waals surface area contributed by atoms with Gasteiger partial charge >= 0.3 is 0 Å². The van der Waals surface area contributed by atoms with Gasteiger partial charge in [0.05, 0.1) is 22.5 Å². The molecule has 1 heterocycles. The lowest BCUT2D eigenvalue weighted by molar-refractivity contribution is 0.176. The molecular weight excluding hydrogens is 328 g/mol. The molecule has 0 fully saturated rings. The smallest absolute Gasteiger partial charge is 0.0850 e. The Kier molecular flexibility index (Phi) is 4.66. The quantitative estimate of drug-likeness (QED) is 0.919. The molecule has 5 heteroatoms. The number of benzene rings is 1. The number of hydrogen-bond acceptors (Lipinski definition) is 2. The molecule has 19 heavy (non-hydrogen) atoms. The van der Waals surface area contributed by atoms with E-state index in [2.05, 4.69) is 21.0 Å². The zero-order valence-corrected chi connectivity index (χ0v) is 13.2. The molecule has 1 unspecified atom stereocenters. The van der Waals surface area contributed by atoms with Crippen molar-refractivity contribution in [2.75, 3.05) is 0 Å². The van der Waals surface area contributed by atoms with E-state index < -0.39 is 6.10 Å². The van der Waals surface area contributed by atoms with Crippen molar-refractivity contribution in [3.05, 3.63) is 50.7 Å². The molecule has 0 saturated carbocycles. The third kappa shape index (κ3) is 3.19. The second kappa shape index (κ2) is 6.07. The van der Waals surface area contributed by atoms with Crippen LogP contribution in [0.1, 0.15) is 30.0 Å². The maximum absolute atomic E-state index is 10.3. The third-order valence-electron chi connectivity index (χ3n) is 3.14. The molecule has 0 amide bonds. The molecule has 0 bridgehead atoms. The molecule has 3 nitrogen and oxygen atoms in total. The van der Waals surface area contributed by atoms with Crippen LogP contribution in [0.25, 0.3) is 0 Å². The first kappa shape index (κ1) is 14.6. The highest BCUT2D eigenvalue weighted by molar-refractivity contribution is 9.10. The average molecular weight is 344 g/mol. The van der Waals surface area contributed by atoms with Crippen molar-refractivity contribution in [3.63, 3.8) is 0 Å². The van der Waals surface area contributed by atoms with E-state index in [4.69, 9.17) is 11.6 Å². The minimum absolute atomic E-state index is 0.462. The summed E-state index contributed by atoms with van der Waals surface area (Å²) in [4.78, 5) is 0. The Hall–Kier alpha value is -0.840. The number of aromatic nitrogens is 2. The highest BCUT2D eigenvalue weighted by atomic mass is 79.9. The summed E-state index contributed by atoms with van der Waals surface area (Å²) in [6.07, 6.45) is 0.677. The molecule has 0 radical (unpaired) electrons. The standard InChI is InChI=1S/C14H16BrClN2O/c1-3-11-14(16)12(18(2)17-11)8-13(19)9-4-6-10(15)7-5-9/h4-7,13,19H,3,8H2,1-2H3. The molecule has 1 aromatic carbocycles. The van der Waals surface area contributed by atoms with Crippen LogP contribution in [0.15, 0.2) is 28.7 Å². The molecule has 2 rings (SSSR count). The van der Waals surface area contributed by atoms with Crippen molar-refractivity contribution in [1.82, 2.24) is 9.78 Å². The lowest BCUT2D eigenvalue weighted by atomic mass is 10.0. The number of rotatable bonds is 4. The van der Waals surface area contributed by atoms with Crippen molar-refractivity contribution < 1.29 is 5.11 Å². The van der Waals surface area contributed by atoms with Crippen LogP contribution in [-0.2, 0) is 19.9 Å². The monoisotopic (exact) mass is 342 g/mol. The van der Waals surface area contributed by atoms with Gasteiger partial charge in [-0.25, -0.2) is 0 Å². The SMILES string of the molecule is CCc1nn(C)c(CC(O)c2ccc(Br)cc2)c1Cl. The predicted molar refractivity (Wildman–Crippen MR) is 80.4 cm³/mol. The van der Waals surface area contributed by atoms with Crippen molar-refractivity contribution >= 4 is 27.5 Å². The molecule has 102 valence electrons. The highest BCUT2D eigenvalue weighted by Crippen LogP contribution is 2.26. The normalized spacial score (nSPS) is 12.7. The lowest BCUT2D eigenvalue weighted by Gasteiger charge is -2.11. The van der Waals surface area contributed by atoms with Crippen LogP contribution in [-0.4, -0.2) is 14.9 Å². The number of aliphatic hydroxyl groups excluding tert-OH is 1. The molecule has 0 aliphatic rings. The Morgan fingerprint density at radius 3 is 2.53 bits per heavy atom. The first-order valence-electron chi connectivity index (χ1n) is 6.16. The molecule has 0 aliphatic heterocycles. The molecule has 1 aromatic heterocycles. The Labute approximate surface area is 126 Å². The van der Waals surface area contributed by atoms with E-state index in [1.807, 2.05) is 38.2 Å². The van der Waals surface area contributed by atoms with Crippen molar-refractivity contribution in [3.8, 4) is 0 Å². The van der Waals surface area contributed by atoms with E-state index in [1.165, 1.54) is 0 Å². The summed E-state index contributed by atoms with van der Waals surface area (Å²) in [5.74, 6) is 0. The van der Waals surface area contributed by atoms with Gasteiger partial charge in [-0.2, -0.15) is 5.10 Å². The van der Waals surface area contributed by atoms with Crippen LogP contribution in [0.2, 0.25) is 5.02 Å². The van der Waals surface area contributed by atoms with Crippen molar-refractivity contribution in [2.45, 2.75) is 25.9 Å². The van der Waals surface area contributed by atoms with Gasteiger partial charge in [0.2, 0.25) is 0 Å². The maximum atomic E-state index is 10.3. The van der Waals surface area contributed by atoms with Crippen molar-refractivity contribution in [2.24, 2.45) is 7.05 Å². The number of aliphatic hydroxyl groups is 1. The van der Waals surface area contributed by atoms with Crippen LogP contribution < -0.4 is 0 Å². The molecule has 0 spiro atoms. The van der Waals surface area contributed by atoms with Crippen LogP contribution in [0, 0.1) is 0 Å². The minimum Gasteiger partial charge on any atom is -0.388 e. The van der Waals surface area contributed by atoms with Crippen LogP contribution in [0.4, 0.5) is 0 Å². The van der Waals surface area contributed by atoms with Crippen LogP contribution in [0.5, 0.6) is 0 Å². The molecule has 0 saturated heterocycles. The summed E-state index contributed by atoms with van der Waals surface area (Å²) >= 11 is 9.67. The van der Waals surface area contributed by atoms with Gasteiger partial charge in [-0.1, -0.05) is 46.6 Å². The summed E-state index contributed by atoms with van der Waals surface area (Å²) in [5, 5.41) is 15.3. The fourth-order valence-electron chi connectivity index (χ4n) is 2.03. The molecule has 1 atom stereocenters. The van der Waals surface area contributed by atoms with Crippen molar-refractivity contribution in [1.29, 1.82) is 0 Å². The summed E-state index contributed by atoms with van der Waals surface area (Å²) in [5.41, 5.74) is 2.62. The molecular formula is C14H16BrClN2O. The summed E-state index contributed by atoms with van der Waals surface area (Å²) in [7, 11) is 1.86. The van der Waals surface area contributed by atoms with Gasteiger partial charge in [-0.15, -0.1) is 0 Å². The summed E-state index contributed by atoms with van der Waals surface area (Å²) in [6.45, 7) is 2.02. The van der Waals surface area contributed by atoms with Gasteiger partial charge in [0.15, 0.2) is 0 Å². The fourth-order valence-corrected chi connectivity index (χ4v) is 2.66. The van der Waals surface area contributed by atoms with Gasteiger partial charge in [0, 0.05) is 17.9 Å². The number of hydrogen-bond donors (Lipinski definition) is 1. The van der Waals surface area contributed by atoms with Gasteiger partial charge < -0.3 is 5.11 Å². The Morgan fingerprint density at radius 2 is 2.00 bits per heavy atom. The van der Waals surface area contributed by atoms with Gasteiger partial charge in [-0.05, 0) is 24.1 Å². The van der Waals surface area contributed by atoms with Crippen LogP contribution in [0.3, 0.4) is 0 Å². The van der Waals surface area contributed by atoms with Gasteiger partial charge in [0.1, 0.15) is 0 Å². The third-order valence-corrected chi connectivity index (χ3v) is 4.11. The fraction of sp³-hybridized carbons (Fsp3) is 0.357. The van der Waals surface area contributed by atoms with E-state index in [9.17, 15) is 5.11 Å². The van der Waals surface area contributed by atoms with E-state index in [0.29, 0.717) is 11.4 Å². The zero-order valence-electron chi connectivity index (χ0n) is 10.9. The highest BCUT2D eigenvalue weighted by Gasteiger charge is 2.17. The van der Waals surface area contributed by atoms with Crippen LogP contribution >= 0.6 is 27.5 Å². The Balaban J connectivity index is 2.21. The van der Waals surface area contributed by atoms with E-state index in [1.54, 1.807) is 4.68 Å². The first-order chi connectivity index (χ1) is 9.02. The Morgan fingerprint density at radius 1 is 1.37 bits per heavy atom. The zero-order chi connectivity index (χ0) is 14.0. The van der Waals surface area contributed by atoms with Gasteiger partial charge in [-0.3, -0.25) is 4.68 Å². The first-order valence-corrected chi connectivity index (χ1v) is 7.33. The maximum Gasteiger partial charge on any atom is 0.0850 e. The predicted octanol–water partition coefficient (Wildman–Crippen LogP) is 3.67. The Bertz CT molecular complexity index is 566. The largest absolute Gasteiger partial charge is 0.388 e.